The number of nitriles is 1. The van der Waals surface area contributed by atoms with Crippen molar-refractivity contribution in [2.24, 2.45) is 5.92 Å². The Balaban J connectivity index is 1.65. The highest BCUT2D eigenvalue weighted by molar-refractivity contribution is 5.94. The highest BCUT2D eigenvalue weighted by atomic mass is 19.4. The molecule has 132 valence electrons. The van der Waals surface area contributed by atoms with E-state index < -0.39 is 11.9 Å². The molecule has 6 nitrogen and oxygen atoms in total. The largest absolute Gasteiger partial charge is 0.434 e. The molecule has 9 heteroatoms. The Labute approximate surface area is 141 Å². The number of imidazole rings is 1. The zero-order valence-corrected chi connectivity index (χ0v) is 13.5. The third-order valence-corrected chi connectivity index (χ3v) is 4.31. The van der Waals surface area contributed by atoms with Crippen LogP contribution in [0, 0.1) is 17.2 Å². The van der Waals surface area contributed by atoms with Gasteiger partial charge < -0.3 is 14.5 Å². The molecular formula is C16H16F3N5O. The van der Waals surface area contributed by atoms with Crippen molar-refractivity contribution in [2.45, 2.75) is 25.6 Å². The molecule has 3 rings (SSSR count). The lowest BCUT2D eigenvalue weighted by atomic mass is 9.99. The second kappa shape index (κ2) is 6.27. The minimum Gasteiger partial charge on any atom is -0.352 e. The number of carbonyl (C=O) groups is 1. The quantitative estimate of drug-likeness (QED) is 0.923. The van der Waals surface area contributed by atoms with E-state index in [2.05, 4.69) is 9.97 Å². The van der Waals surface area contributed by atoms with Crippen LogP contribution in [-0.4, -0.2) is 38.9 Å². The molecule has 0 aromatic carbocycles. The Morgan fingerprint density at radius 2 is 2.32 bits per heavy atom. The van der Waals surface area contributed by atoms with Crippen molar-refractivity contribution >= 4 is 5.91 Å². The molecule has 25 heavy (non-hydrogen) atoms. The van der Waals surface area contributed by atoms with Crippen LogP contribution < -0.4 is 0 Å². The molecule has 0 bridgehead atoms. The molecule has 0 fully saturated rings. The predicted molar refractivity (Wildman–Crippen MR) is 81.5 cm³/mol. The van der Waals surface area contributed by atoms with Crippen molar-refractivity contribution < 1.29 is 18.0 Å². The minimum absolute atomic E-state index is 0.0473. The first-order chi connectivity index (χ1) is 11.8. The fourth-order valence-electron chi connectivity index (χ4n) is 3.07. The van der Waals surface area contributed by atoms with E-state index in [1.807, 2.05) is 6.07 Å². The molecule has 1 N–H and O–H groups in total. The molecule has 1 aliphatic rings. The lowest BCUT2D eigenvalue weighted by Crippen LogP contribution is -2.35. The number of aromatic nitrogens is 3. The predicted octanol–water partition coefficient (Wildman–Crippen LogP) is 2.44. The molecule has 0 spiro atoms. The number of H-pyrrole nitrogens is 1. The topological polar surface area (TPSA) is 77.7 Å². The molecule has 0 saturated heterocycles. The van der Waals surface area contributed by atoms with Crippen LogP contribution in [-0.2, 0) is 19.1 Å². The van der Waals surface area contributed by atoms with E-state index in [-0.39, 0.29) is 11.8 Å². The fraction of sp³-hybridized carbons (Fsp3) is 0.438. The van der Waals surface area contributed by atoms with E-state index in [0.717, 1.165) is 6.20 Å². The van der Waals surface area contributed by atoms with Crippen LogP contribution in [0.25, 0.3) is 0 Å². The van der Waals surface area contributed by atoms with E-state index in [9.17, 15) is 18.0 Å². The smallest absolute Gasteiger partial charge is 0.352 e. The minimum atomic E-state index is -4.45. The van der Waals surface area contributed by atoms with Gasteiger partial charge in [-0.05, 0) is 18.4 Å². The molecule has 0 radical (unpaired) electrons. The molecule has 1 aliphatic heterocycles. The Bertz CT molecular complexity index is 830. The second-order valence-electron chi connectivity index (χ2n) is 6.20. The molecule has 2 aromatic rings. The van der Waals surface area contributed by atoms with Gasteiger partial charge >= 0.3 is 6.18 Å². The van der Waals surface area contributed by atoms with Gasteiger partial charge in [0.2, 0.25) is 0 Å². The summed E-state index contributed by atoms with van der Waals surface area (Å²) in [4.78, 5) is 20.2. The van der Waals surface area contributed by atoms with Gasteiger partial charge in [-0.25, -0.2) is 4.98 Å². The lowest BCUT2D eigenvalue weighted by molar-refractivity contribution is -0.141. The Morgan fingerprint density at radius 3 is 2.96 bits per heavy atom. The van der Waals surface area contributed by atoms with Crippen LogP contribution in [0.1, 0.15) is 34.0 Å². The molecule has 0 saturated carbocycles. The van der Waals surface area contributed by atoms with Gasteiger partial charge in [-0.3, -0.25) is 4.79 Å². The summed E-state index contributed by atoms with van der Waals surface area (Å²) in [7, 11) is 1.64. The maximum absolute atomic E-state index is 12.8. The first-order valence-electron chi connectivity index (χ1n) is 7.75. The number of hydrogen-bond donors (Lipinski definition) is 1. The molecular weight excluding hydrogens is 335 g/mol. The van der Waals surface area contributed by atoms with Crippen LogP contribution in [0.2, 0.25) is 0 Å². The fourth-order valence-corrected chi connectivity index (χ4v) is 3.07. The van der Waals surface area contributed by atoms with Crippen molar-refractivity contribution in [1.82, 2.24) is 19.4 Å². The van der Waals surface area contributed by atoms with Crippen LogP contribution in [0.15, 0.2) is 18.5 Å². The van der Waals surface area contributed by atoms with E-state index >= 15 is 0 Å². The van der Waals surface area contributed by atoms with E-state index in [1.54, 1.807) is 7.05 Å². The number of amides is 1. The normalized spacial score (nSPS) is 17.0. The number of rotatable bonds is 3. The summed E-state index contributed by atoms with van der Waals surface area (Å²) < 4.78 is 39.8. The molecule has 1 atom stereocenters. The first kappa shape index (κ1) is 17.1. The summed E-state index contributed by atoms with van der Waals surface area (Å²) in [5.41, 5.74) is -0.182. The third kappa shape index (κ3) is 3.52. The number of aryl methyl sites for hydroxylation is 1. The van der Waals surface area contributed by atoms with Gasteiger partial charge in [0.15, 0.2) is 5.69 Å². The summed E-state index contributed by atoms with van der Waals surface area (Å²) in [6, 6.07) is 3.40. The SMILES string of the molecule is CN(CC1CCc2nc(C(F)(F)F)cn2C1)C(=O)c1c[nH]c(C#N)c1. The average molecular weight is 351 g/mol. The van der Waals surface area contributed by atoms with E-state index in [1.165, 1.54) is 21.7 Å². The molecule has 1 unspecified atom stereocenters. The van der Waals surface area contributed by atoms with Gasteiger partial charge in [-0.1, -0.05) is 0 Å². The number of aromatic amines is 1. The number of nitrogens with zero attached hydrogens (tertiary/aromatic N) is 4. The highest BCUT2D eigenvalue weighted by Gasteiger charge is 2.36. The van der Waals surface area contributed by atoms with Crippen molar-refractivity contribution in [1.29, 1.82) is 5.26 Å². The molecule has 1 amide bonds. The maximum Gasteiger partial charge on any atom is 0.434 e. The molecule has 3 heterocycles. The highest BCUT2D eigenvalue weighted by Crippen LogP contribution is 2.30. The van der Waals surface area contributed by atoms with Crippen molar-refractivity contribution in [2.75, 3.05) is 13.6 Å². The Hall–Kier alpha value is -2.76. The summed E-state index contributed by atoms with van der Waals surface area (Å²) in [5, 5.41) is 8.79. The zero-order chi connectivity index (χ0) is 18.2. The number of alkyl halides is 3. The van der Waals surface area contributed by atoms with Crippen LogP contribution >= 0.6 is 0 Å². The summed E-state index contributed by atoms with van der Waals surface area (Å²) in [5.74, 6) is 0.248. The van der Waals surface area contributed by atoms with E-state index in [4.69, 9.17) is 5.26 Å². The lowest BCUT2D eigenvalue weighted by Gasteiger charge is -2.28. The number of nitrogens with one attached hydrogen (secondary N) is 1. The Kier molecular flexibility index (Phi) is 4.29. The summed E-state index contributed by atoms with van der Waals surface area (Å²) in [6.07, 6.45) is -0.816. The van der Waals surface area contributed by atoms with Crippen molar-refractivity contribution in [3.05, 3.63) is 41.2 Å². The number of fused-ring (bicyclic) bond motifs is 1. The Morgan fingerprint density at radius 1 is 1.56 bits per heavy atom. The summed E-state index contributed by atoms with van der Waals surface area (Å²) >= 11 is 0. The number of hydrogen-bond acceptors (Lipinski definition) is 3. The van der Waals surface area contributed by atoms with Crippen molar-refractivity contribution in [3.8, 4) is 6.07 Å². The van der Waals surface area contributed by atoms with Gasteiger partial charge in [0.25, 0.3) is 5.91 Å². The first-order valence-corrected chi connectivity index (χ1v) is 7.75. The maximum atomic E-state index is 12.8. The molecule has 0 aliphatic carbocycles. The number of halogens is 3. The summed E-state index contributed by atoms with van der Waals surface area (Å²) in [6.45, 7) is 0.817. The van der Waals surface area contributed by atoms with Gasteiger partial charge in [0, 0.05) is 39.0 Å². The number of carbonyl (C=O) groups excluding carboxylic acids is 1. The zero-order valence-electron chi connectivity index (χ0n) is 13.5. The monoisotopic (exact) mass is 351 g/mol. The van der Waals surface area contributed by atoms with Gasteiger partial charge in [-0.2, -0.15) is 18.4 Å². The standard InChI is InChI=1S/C16H16F3N5O/c1-23(15(25)11-4-12(5-20)21-6-11)7-10-2-3-14-22-13(16(17,18)19)9-24(14)8-10/h4,6,9-10,21H,2-3,7-8H2,1H3. The van der Waals surface area contributed by atoms with Crippen LogP contribution in [0.3, 0.4) is 0 Å². The van der Waals surface area contributed by atoms with Crippen LogP contribution in [0.5, 0.6) is 0 Å². The average Bonchev–Trinajstić information content (AvgIpc) is 3.19. The van der Waals surface area contributed by atoms with E-state index in [0.29, 0.717) is 43.0 Å². The molecule has 2 aromatic heterocycles. The van der Waals surface area contributed by atoms with Gasteiger partial charge in [-0.15, -0.1) is 0 Å². The van der Waals surface area contributed by atoms with Gasteiger partial charge in [0.1, 0.15) is 17.6 Å². The van der Waals surface area contributed by atoms with Crippen LogP contribution in [0.4, 0.5) is 13.2 Å². The van der Waals surface area contributed by atoms with Crippen molar-refractivity contribution in [3.63, 3.8) is 0 Å². The van der Waals surface area contributed by atoms with Gasteiger partial charge in [0.05, 0.1) is 5.56 Å². The third-order valence-electron chi connectivity index (χ3n) is 4.31. The second-order valence-corrected chi connectivity index (χ2v) is 6.20.